The molecular weight excluding hydrogens is 262 g/mol. The SMILES string of the molecule is NCCCCC(=O)Nc1ccc(Cl)c2cccnc12. The van der Waals surface area contributed by atoms with Gasteiger partial charge in [0.2, 0.25) is 5.91 Å². The van der Waals surface area contributed by atoms with E-state index in [0.717, 1.165) is 18.2 Å². The van der Waals surface area contributed by atoms with E-state index < -0.39 is 0 Å². The molecule has 0 aliphatic heterocycles. The van der Waals surface area contributed by atoms with E-state index in [1.807, 2.05) is 12.1 Å². The van der Waals surface area contributed by atoms with E-state index in [9.17, 15) is 4.79 Å². The quantitative estimate of drug-likeness (QED) is 0.826. The maximum absolute atomic E-state index is 11.8. The zero-order chi connectivity index (χ0) is 13.7. The molecule has 0 spiro atoms. The number of aromatic nitrogens is 1. The summed E-state index contributed by atoms with van der Waals surface area (Å²) in [5.74, 6) is -0.0253. The summed E-state index contributed by atoms with van der Waals surface area (Å²) in [6, 6.07) is 7.25. The highest BCUT2D eigenvalue weighted by molar-refractivity contribution is 6.35. The lowest BCUT2D eigenvalue weighted by Crippen LogP contribution is -2.12. The number of nitrogens with two attached hydrogens (primary N) is 1. The summed E-state index contributed by atoms with van der Waals surface area (Å²) in [4.78, 5) is 16.1. The number of benzene rings is 1. The molecule has 1 amide bonds. The van der Waals surface area contributed by atoms with Gasteiger partial charge in [-0.3, -0.25) is 9.78 Å². The average Bonchev–Trinajstić information content (AvgIpc) is 2.43. The third kappa shape index (κ3) is 3.43. The molecule has 0 saturated heterocycles. The number of fused-ring (bicyclic) bond motifs is 1. The maximum Gasteiger partial charge on any atom is 0.224 e. The van der Waals surface area contributed by atoms with Crippen LogP contribution >= 0.6 is 11.6 Å². The van der Waals surface area contributed by atoms with Crippen molar-refractivity contribution in [1.82, 2.24) is 4.98 Å². The van der Waals surface area contributed by atoms with Gasteiger partial charge in [-0.1, -0.05) is 11.6 Å². The van der Waals surface area contributed by atoms with Crippen LogP contribution in [-0.2, 0) is 4.79 Å². The number of hydrogen-bond acceptors (Lipinski definition) is 3. The second-order valence-corrected chi connectivity index (χ2v) is 4.70. The van der Waals surface area contributed by atoms with E-state index in [4.69, 9.17) is 17.3 Å². The molecule has 100 valence electrons. The van der Waals surface area contributed by atoms with Crippen LogP contribution in [0.3, 0.4) is 0 Å². The second kappa shape index (κ2) is 6.50. The van der Waals surface area contributed by atoms with E-state index in [1.54, 1.807) is 18.3 Å². The predicted molar refractivity (Wildman–Crippen MR) is 78.3 cm³/mol. The summed E-state index contributed by atoms with van der Waals surface area (Å²) in [5, 5.41) is 4.34. The van der Waals surface area contributed by atoms with Crippen molar-refractivity contribution < 1.29 is 4.79 Å². The number of pyridine rings is 1. The van der Waals surface area contributed by atoms with Crippen molar-refractivity contribution in [2.45, 2.75) is 19.3 Å². The minimum atomic E-state index is -0.0253. The number of anilines is 1. The Balaban J connectivity index is 2.17. The van der Waals surface area contributed by atoms with Crippen LogP contribution in [0.4, 0.5) is 5.69 Å². The molecule has 1 heterocycles. The molecule has 0 radical (unpaired) electrons. The molecule has 3 N–H and O–H groups in total. The van der Waals surface area contributed by atoms with E-state index >= 15 is 0 Å². The number of amides is 1. The number of halogens is 1. The molecule has 0 aliphatic rings. The topological polar surface area (TPSA) is 68.0 Å². The number of hydrogen-bond donors (Lipinski definition) is 2. The Labute approximate surface area is 117 Å². The Bertz CT molecular complexity index is 586. The van der Waals surface area contributed by atoms with Gasteiger partial charge in [0.05, 0.1) is 16.2 Å². The predicted octanol–water partition coefficient (Wildman–Crippen LogP) is 2.96. The molecule has 0 atom stereocenters. The fraction of sp³-hybridized carbons (Fsp3) is 0.286. The number of nitrogens with one attached hydrogen (secondary N) is 1. The van der Waals surface area contributed by atoms with Crippen LogP contribution in [0.5, 0.6) is 0 Å². The smallest absolute Gasteiger partial charge is 0.224 e. The van der Waals surface area contributed by atoms with Crippen molar-refractivity contribution in [1.29, 1.82) is 0 Å². The lowest BCUT2D eigenvalue weighted by atomic mass is 10.1. The van der Waals surface area contributed by atoms with Gasteiger partial charge in [0.1, 0.15) is 0 Å². The molecule has 0 fully saturated rings. The Hall–Kier alpha value is -1.65. The first kappa shape index (κ1) is 13.8. The van der Waals surface area contributed by atoms with Gasteiger partial charge in [-0.2, -0.15) is 0 Å². The minimum absolute atomic E-state index is 0.0253. The largest absolute Gasteiger partial charge is 0.330 e. The summed E-state index contributed by atoms with van der Waals surface area (Å²) >= 11 is 6.10. The van der Waals surface area contributed by atoms with Gasteiger partial charge in [-0.05, 0) is 43.7 Å². The molecule has 1 aromatic carbocycles. The highest BCUT2D eigenvalue weighted by Crippen LogP contribution is 2.28. The standard InChI is InChI=1S/C14H16ClN3O/c15-11-6-7-12(14-10(11)4-3-9-17-14)18-13(19)5-1-2-8-16/h3-4,6-7,9H,1-2,5,8,16H2,(H,18,19). The Morgan fingerprint density at radius 3 is 2.95 bits per heavy atom. The number of rotatable bonds is 5. The van der Waals surface area contributed by atoms with Gasteiger partial charge >= 0.3 is 0 Å². The molecule has 0 saturated carbocycles. The van der Waals surface area contributed by atoms with E-state index in [0.29, 0.717) is 29.2 Å². The van der Waals surface area contributed by atoms with Gasteiger partial charge in [0.25, 0.3) is 0 Å². The monoisotopic (exact) mass is 277 g/mol. The summed E-state index contributed by atoms with van der Waals surface area (Å²) in [5.41, 5.74) is 6.80. The van der Waals surface area contributed by atoms with Crippen LogP contribution in [-0.4, -0.2) is 17.4 Å². The molecule has 2 rings (SSSR count). The molecule has 1 aromatic heterocycles. The van der Waals surface area contributed by atoms with Crippen LogP contribution in [0.1, 0.15) is 19.3 Å². The van der Waals surface area contributed by atoms with Gasteiger partial charge in [-0.25, -0.2) is 0 Å². The molecule has 0 aliphatic carbocycles. The van der Waals surface area contributed by atoms with Crippen LogP contribution in [0.15, 0.2) is 30.5 Å². The number of carbonyl (C=O) groups excluding carboxylic acids is 1. The van der Waals surface area contributed by atoms with Crippen molar-refractivity contribution in [3.05, 3.63) is 35.5 Å². The fourth-order valence-electron chi connectivity index (χ4n) is 1.88. The van der Waals surface area contributed by atoms with Crippen LogP contribution in [0, 0.1) is 0 Å². The first-order valence-electron chi connectivity index (χ1n) is 6.25. The third-order valence-electron chi connectivity index (χ3n) is 2.85. The lowest BCUT2D eigenvalue weighted by Gasteiger charge is -2.08. The average molecular weight is 278 g/mol. The first-order valence-corrected chi connectivity index (χ1v) is 6.63. The maximum atomic E-state index is 11.8. The van der Waals surface area contributed by atoms with E-state index in [2.05, 4.69) is 10.3 Å². The zero-order valence-corrected chi connectivity index (χ0v) is 11.3. The summed E-state index contributed by atoms with van der Waals surface area (Å²) in [6.07, 6.45) is 3.80. The van der Waals surface area contributed by atoms with Crippen LogP contribution < -0.4 is 11.1 Å². The molecule has 5 heteroatoms. The minimum Gasteiger partial charge on any atom is -0.330 e. The Kier molecular flexibility index (Phi) is 4.71. The molecule has 2 aromatic rings. The number of carbonyl (C=O) groups is 1. The molecular formula is C14H16ClN3O. The van der Waals surface area contributed by atoms with Crippen LogP contribution in [0.2, 0.25) is 5.02 Å². The van der Waals surface area contributed by atoms with Crippen molar-refractivity contribution in [3.8, 4) is 0 Å². The highest BCUT2D eigenvalue weighted by Gasteiger charge is 2.08. The Morgan fingerprint density at radius 1 is 1.32 bits per heavy atom. The van der Waals surface area contributed by atoms with Crippen molar-refractivity contribution in [3.63, 3.8) is 0 Å². The van der Waals surface area contributed by atoms with Crippen molar-refractivity contribution in [2.24, 2.45) is 5.73 Å². The molecule has 19 heavy (non-hydrogen) atoms. The summed E-state index contributed by atoms with van der Waals surface area (Å²) in [7, 11) is 0. The highest BCUT2D eigenvalue weighted by atomic mass is 35.5. The molecule has 0 bridgehead atoms. The second-order valence-electron chi connectivity index (χ2n) is 4.29. The lowest BCUT2D eigenvalue weighted by molar-refractivity contribution is -0.116. The Morgan fingerprint density at radius 2 is 2.16 bits per heavy atom. The molecule has 0 unspecified atom stereocenters. The van der Waals surface area contributed by atoms with Crippen LogP contribution in [0.25, 0.3) is 10.9 Å². The fourth-order valence-corrected chi connectivity index (χ4v) is 2.10. The third-order valence-corrected chi connectivity index (χ3v) is 3.18. The van der Waals surface area contributed by atoms with Gasteiger partial charge in [-0.15, -0.1) is 0 Å². The van der Waals surface area contributed by atoms with E-state index in [-0.39, 0.29) is 5.91 Å². The van der Waals surface area contributed by atoms with E-state index in [1.165, 1.54) is 0 Å². The van der Waals surface area contributed by atoms with Crippen molar-refractivity contribution in [2.75, 3.05) is 11.9 Å². The van der Waals surface area contributed by atoms with Gasteiger partial charge in [0.15, 0.2) is 0 Å². The first-order chi connectivity index (χ1) is 9.22. The summed E-state index contributed by atoms with van der Waals surface area (Å²) < 4.78 is 0. The normalized spacial score (nSPS) is 10.6. The van der Waals surface area contributed by atoms with Gasteiger partial charge in [0, 0.05) is 18.0 Å². The number of unbranched alkanes of at least 4 members (excludes halogenated alkanes) is 1. The zero-order valence-electron chi connectivity index (χ0n) is 10.5. The van der Waals surface area contributed by atoms with Gasteiger partial charge < -0.3 is 11.1 Å². The number of nitrogens with zero attached hydrogens (tertiary/aromatic N) is 1. The van der Waals surface area contributed by atoms with Crippen molar-refractivity contribution >= 4 is 34.1 Å². The summed E-state index contributed by atoms with van der Waals surface area (Å²) in [6.45, 7) is 0.610. The molecule has 4 nitrogen and oxygen atoms in total.